The van der Waals surface area contributed by atoms with Crippen LogP contribution in [0.1, 0.15) is 39.6 Å². The van der Waals surface area contributed by atoms with Crippen molar-refractivity contribution in [2.45, 2.75) is 26.4 Å². The standard InChI is InChI=1S/C25H20BrNO3S/c1-3-21(24(28)16-8-5-4-6-9-16)30-25(29)19-14-20(22-10-7-11-31-22)27-23-15(2)12-17(26)13-18(19)23/h4-14,21H,3H2,1-2H3. The van der Waals surface area contributed by atoms with Crippen molar-refractivity contribution in [2.75, 3.05) is 0 Å². The molecule has 1 unspecified atom stereocenters. The minimum absolute atomic E-state index is 0.203. The minimum atomic E-state index is -0.850. The molecule has 6 heteroatoms. The first-order valence-corrected chi connectivity index (χ1v) is 11.6. The van der Waals surface area contributed by atoms with Gasteiger partial charge in [0.2, 0.25) is 5.78 Å². The van der Waals surface area contributed by atoms with Crippen molar-refractivity contribution in [1.29, 1.82) is 0 Å². The first kappa shape index (κ1) is 21.4. The van der Waals surface area contributed by atoms with E-state index in [9.17, 15) is 9.59 Å². The molecule has 4 rings (SSSR count). The number of ether oxygens (including phenoxy) is 1. The lowest BCUT2D eigenvalue weighted by Crippen LogP contribution is -2.27. The van der Waals surface area contributed by atoms with E-state index in [-0.39, 0.29) is 5.78 Å². The zero-order chi connectivity index (χ0) is 22.0. The lowest BCUT2D eigenvalue weighted by molar-refractivity contribution is 0.0279. The van der Waals surface area contributed by atoms with Crippen LogP contribution in [0.3, 0.4) is 0 Å². The number of pyridine rings is 1. The average Bonchev–Trinajstić information content (AvgIpc) is 3.32. The number of hydrogen-bond donors (Lipinski definition) is 0. The summed E-state index contributed by atoms with van der Waals surface area (Å²) in [4.78, 5) is 31.9. The molecule has 0 amide bonds. The number of ketones is 1. The lowest BCUT2D eigenvalue weighted by atomic mass is 10.0. The predicted molar refractivity (Wildman–Crippen MR) is 128 cm³/mol. The van der Waals surface area contributed by atoms with Crippen molar-refractivity contribution >= 4 is 49.9 Å². The first-order chi connectivity index (χ1) is 15.0. The summed E-state index contributed by atoms with van der Waals surface area (Å²) in [6, 6.07) is 18.4. The highest BCUT2D eigenvalue weighted by Crippen LogP contribution is 2.32. The third kappa shape index (κ3) is 4.45. The largest absolute Gasteiger partial charge is 0.450 e. The number of esters is 1. The van der Waals surface area contributed by atoms with Crippen LogP contribution >= 0.6 is 27.3 Å². The summed E-state index contributed by atoms with van der Waals surface area (Å²) in [6.07, 6.45) is -0.459. The summed E-state index contributed by atoms with van der Waals surface area (Å²) >= 11 is 5.07. The Kier molecular flexibility index (Phi) is 6.30. The first-order valence-electron chi connectivity index (χ1n) is 9.93. The van der Waals surface area contributed by atoms with Gasteiger partial charge in [-0.15, -0.1) is 11.3 Å². The molecule has 0 aliphatic heterocycles. The molecule has 0 aliphatic rings. The highest BCUT2D eigenvalue weighted by atomic mass is 79.9. The molecule has 156 valence electrons. The second kappa shape index (κ2) is 9.12. The van der Waals surface area contributed by atoms with Crippen LogP contribution in [0.25, 0.3) is 21.5 Å². The summed E-state index contributed by atoms with van der Waals surface area (Å²) in [5.41, 5.74) is 3.33. The number of Topliss-reactive ketones (excluding diaryl/α,β-unsaturated/α-hetero) is 1. The number of hydrogen-bond acceptors (Lipinski definition) is 5. The fraction of sp³-hybridized carbons (Fsp3) is 0.160. The number of nitrogens with zero attached hydrogens (tertiary/aromatic N) is 1. The number of aromatic nitrogens is 1. The normalized spacial score (nSPS) is 12.0. The Balaban J connectivity index is 1.76. The molecule has 2 aromatic carbocycles. The van der Waals surface area contributed by atoms with E-state index in [0.29, 0.717) is 28.6 Å². The van der Waals surface area contributed by atoms with Gasteiger partial charge in [0.05, 0.1) is 21.7 Å². The van der Waals surface area contributed by atoms with Crippen molar-refractivity contribution in [1.82, 2.24) is 4.98 Å². The molecule has 0 N–H and O–H groups in total. The summed E-state index contributed by atoms with van der Waals surface area (Å²) in [5, 5.41) is 2.67. The lowest BCUT2D eigenvalue weighted by Gasteiger charge is -2.17. The van der Waals surface area contributed by atoms with Crippen molar-refractivity contribution in [3.63, 3.8) is 0 Å². The Bertz CT molecular complexity index is 1250. The second-order valence-electron chi connectivity index (χ2n) is 7.18. The van der Waals surface area contributed by atoms with E-state index >= 15 is 0 Å². The van der Waals surface area contributed by atoms with Crippen LogP contribution in [-0.2, 0) is 4.74 Å². The number of aryl methyl sites for hydroxylation is 1. The summed E-state index contributed by atoms with van der Waals surface area (Å²) < 4.78 is 6.59. The van der Waals surface area contributed by atoms with Gasteiger partial charge < -0.3 is 4.74 Å². The van der Waals surface area contributed by atoms with E-state index in [1.165, 1.54) is 0 Å². The molecule has 0 aliphatic carbocycles. The molecule has 2 heterocycles. The van der Waals surface area contributed by atoms with Gasteiger partial charge in [0, 0.05) is 15.4 Å². The molecule has 4 nitrogen and oxygen atoms in total. The minimum Gasteiger partial charge on any atom is -0.450 e. The Morgan fingerprint density at radius 1 is 1.10 bits per heavy atom. The molecular weight excluding hydrogens is 474 g/mol. The van der Waals surface area contributed by atoms with Gasteiger partial charge in [-0.1, -0.05) is 59.3 Å². The highest BCUT2D eigenvalue weighted by Gasteiger charge is 2.25. The van der Waals surface area contributed by atoms with Gasteiger partial charge in [-0.3, -0.25) is 4.79 Å². The van der Waals surface area contributed by atoms with Gasteiger partial charge in [-0.2, -0.15) is 0 Å². The van der Waals surface area contributed by atoms with Crippen molar-refractivity contribution < 1.29 is 14.3 Å². The maximum Gasteiger partial charge on any atom is 0.339 e. The second-order valence-corrected chi connectivity index (χ2v) is 9.05. The van der Waals surface area contributed by atoms with E-state index in [0.717, 1.165) is 20.4 Å². The Morgan fingerprint density at radius 2 is 1.87 bits per heavy atom. The molecule has 0 saturated carbocycles. The van der Waals surface area contributed by atoms with Crippen LogP contribution in [0.5, 0.6) is 0 Å². The Hall–Kier alpha value is -2.83. The molecule has 0 spiro atoms. The number of rotatable bonds is 6. The Morgan fingerprint density at radius 3 is 2.55 bits per heavy atom. The number of fused-ring (bicyclic) bond motifs is 1. The van der Waals surface area contributed by atoms with Gasteiger partial charge in [0.1, 0.15) is 0 Å². The number of halogens is 1. The van der Waals surface area contributed by atoms with Crippen molar-refractivity contribution in [2.24, 2.45) is 0 Å². The fourth-order valence-electron chi connectivity index (χ4n) is 3.48. The zero-order valence-electron chi connectivity index (χ0n) is 17.1. The van der Waals surface area contributed by atoms with Gasteiger partial charge in [0.15, 0.2) is 6.10 Å². The third-order valence-corrected chi connectivity index (χ3v) is 6.38. The molecule has 0 saturated heterocycles. The van der Waals surface area contributed by atoms with Gasteiger partial charge >= 0.3 is 5.97 Å². The van der Waals surface area contributed by atoms with E-state index in [1.807, 2.05) is 49.6 Å². The SMILES string of the molecule is CCC(OC(=O)c1cc(-c2cccs2)nc2c(C)cc(Br)cc12)C(=O)c1ccccc1. The quantitative estimate of drug-likeness (QED) is 0.217. The van der Waals surface area contributed by atoms with Crippen molar-refractivity contribution in [3.05, 3.63) is 87.2 Å². The fourth-order valence-corrected chi connectivity index (χ4v) is 4.74. The molecule has 4 aromatic rings. The maximum absolute atomic E-state index is 13.3. The highest BCUT2D eigenvalue weighted by molar-refractivity contribution is 9.10. The van der Waals surface area contributed by atoms with Gasteiger partial charge in [-0.25, -0.2) is 9.78 Å². The van der Waals surface area contributed by atoms with Gasteiger partial charge in [-0.05, 0) is 48.6 Å². The van der Waals surface area contributed by atoms with Crippen LogP contribution < -0.4 is 0 Å². The summed E-state index contributed by atoms with van der Waals surface area (Å²) in [6.45, 7) is 3.79. The van der Waals surface area contributed by atoms with Crippen LogP contribution in [-0.4, -0.2) is 22.8 Å². The predicted octanol–water partition coefficient (Wildman–Crippen LogP) is 6.85. The number of benzene rings is 2. The average molecular weight is 494 g/mol. The van der Waals surface area contributed by atoms with E-state index in [2.05, 4.69) is 15.9 Å². The summed E-state index contributed by atoms with van der Waals surface area (Å²) in [7, 11) is 0. The van der Waals surface area contributed by atoms with Crippen molar-refractivity contribution in [3.8, 4) is 10.6 Å². The van der Waals surface area contributed by atoms with E-state index < -0.39 is 12.1 Å². The maximum atomic E-state index is 13.3. The topological polar surface area (TPSA) is 56.3 Å². The van der Waals surface area contributed by atoms with Crippen LogP contribution in [0, 0.1) is 6.92 Å². The number of carbonyl (C=O) groups is 2. The monoisotopic (exact) mass is 493 g/mol. The number of carbonyl (C=O) groups excluding carboxylic acids is 2. The summed E-state index contributed by atoms with van der Waals surface area (Å²) in [5.74, 6) is -0.732. The molecule has 0 bridgehead atoms. The van der Waals surface area contributed by atoms with E-state index in [1.54, 1.807) is 41.7 Å². The van der Waals surface area contributed by atoms with Crippen LogP contribution in [0.15, 0.2) is 70.5 Å². The molecule has 0 radical (unpaired) electrons. The van der Waals surface area contributed by atoms with Crippen LogP contribution in [0.4, 0.5) is 0 Å². The van der Waals surface area contributed by atoms with E-state index in [4.69, 9.17) is 9.72 Å². The molecule has 31 heavy (non-hydrogen) atoms. The molecule has 1 atom stereocenters. The molecular formula is C25H20BrNO3S. The van der Waals surface area contributed by atoms with Crippen LogP contribution in [0.2, 0.25) is 0 Å². The van der Waals surface area contributed by atoms with Gasteiger partial charge in [0.25, 0.3) is 0 Å². The molecule has 2 aromatic heterocycles. The zero-order valence-corrected chi connectivity index (χ0v) is 19.5. The number of thiophene rings is 1. The molecule has 0 fully saturated rings. The smallest absolute Gasteiger partial charge is 0.339 e. The Labute approximate surface area is 193 Å². The third-order valence-electron chi connectivity index (χ3n) is 5.03.